The molecule has 1 aromatic heterocycles. The molecule has 1 aliphatic heterocycles. The third-order valence-electron chi connectivity index (χ3n) is 5.42. The second-order valence-electron chi connectivity index (χ2n) is 8.36. The van der Waals surface area contributed by atoms with Gasteiger partial charge in [0.1, 0.15) is 23.3 Å². The Bertz CT molecular complexity index is 1230. The lowest BCUT2D eigenvalue weighted by molar-refractivity contribution is -0.132. The number of anilines is 1. The summed E-state index contributed by atoms with van der Waals surface area (Å²) in [6.07, 6.45) is 0. The Hall–Kier alpha value is -3.58. The van der Waals surface area contributed by atoms with Crippen LogP contribution in [0.5, 0.6) is 11.5 Å². The SMILES string of the molecule is Cc1cc(/C(O)=C2/C(=O)C(=O)N(c3ccccc3O)C2c2cccs2)ccc1OCC(C)C. The lowest BCUT2D eigenvalue weighted by atomic mass is 9.98. The molecule has 7 heteroatoms. The molecule has 0 aliphatic carbocycles. The standard InChI is InChI=1S/C26H25NO5S/c1-15(2)14-32-20-11-10-17(13-16(20)3)24(29)22-23(21-9-6-12-33-21)27(26(31)25(22)30)18-7-4-5-8-19(18)28/h4-13,15,23,28-29H,14H2,1-3H3/b24-22-. The van der Waals surface area contributed by atoms with Gasteiger partial charge in [-0.1, -0.05) is 32.0 Å². The van der Waals surface area contributed by atoms with Crippen LogP contribution >= 0.6 is 11.3 Å². The van der Waals surface area contributed by atoms with Crippen LogP contribution in [0.1, 0.15) is 35.9 Å². The van der Waals surface area contributed by atoms with Gasteiger partial charge in [0.2, 0.25) is 0 Å². The number of ether oxygens (including phenoxy) is 1. The zero-order chi connectivity index (χ0) is 23.7. The number of para-hydroxylation sites is 2. The van der Waals surface area contributed by atoms with Gasteiger partial charge in [-0.05, 0) is 60.2 Å². The van der Waals surface area contributed by atoms with Crippen molar-refractivity contribution in [3.63, 3.8) is 0 Å². The summed E-state index contributed by atoms with van der Waals surface area (Å²) in [5.74, 6) is -0.915. The summed E-state index contributed by atoms with van der Waals surface area (Å²) in [6, 6.07) is 14.3. The number of Topliss-reactive ketones (excluding diaryl/α,β-unsaturated/α-hetero) is 1. The third-order valence-corrected chi connectivity index (χ3v) is 6.34. The number of nitrogens with zero attached hydrogens (tertiary/aromatic N) is 1. The van der Waals surface area contributed by atoms with Crippen molar-refractivity contribution >= 4 is 34.5 Å². The van der Waals surface area contributed by atoms with Gasteiger partial charge in [0.25, 0.3) is 11.7 Å². The molecule has 2 heterocycles. The molecule has 1 saturated heterocycles. The largest absolute Gasteiger partial charge is 0.507 e. The van der Waals surface area contributed by atoms with Gasteiger partial charge in [-0.2, -0.15) is 0 Å². The molecule has 6 nitrogen and oxygen atoms in total. The van der Waals surface area contributed by atoms with Gasteiger partial charge >= 0.3 is 0 Å². The van der Waals surface area contributed by atoms with Crippen LogP contribution in [0.3, 0.4) is 0 Å². The number of aromatic hydroxyl groups is 1. The number of amides is 1. The molecule has 0 radical (unpaired) electrons. The number of phenolic OH excluding ortho intramolecular Hbond substituents is 1. The molecule has 1 unspecified atom stereocenters. The number of carbonyl (C=O) groups is 2. The van der Waals surface area contributed by atoms with Crippen molar-refractivity contribution < 1.29 is 24.5 Å². The van der Waals surface area contributed by atoms with E-state index in [4.69, 9.17) is 4.74 Å². The fourth-order valence-electron chi connectivity index (χ4n) is 3.84. The highest BCUT2D eigenvalue weighted by Crippen LogP contribution is 2.45. The summed E-state index contributed by atoms with van der Waals surface area (Å²) >= 11 is 1.37. The van der Waals surface area contributed by atoms with Gasteiger partial charge in [-0.3, -0.25) is 14.5 Å². The summed E-state index contributed by atoms with van der Waals surface area (Å²) in [7, 11) is 0. The van der Waals surface area contributed by atoms with Gasteiger partial charge in [-0.15, -0.1) is 11.3 Å². The van der Waals surface area contributed by atoms with Crippen LogP contribution in [0.4, 0.5) is 5.69 Å². The second-order valence-corrected chi connectivity index (χ2v) is 9.34. The quantitative estimate of drug-likeness (QED) is 0.289. The molecule has 2 aromatic carbocycles. The predicted molar refractivity (Wildman–Crippen MR) is 129 cm³/mol. The van der Waals surface area contributed by atoms with Crippen molar-refractivity contribution in [2.24, 2.45) is 5.92 Å². The Morgan fingerprint density at radius 2 is 1.88 bits per heavy atom. The number of aryl methyl sites for hydroxylation is 1. The first kappa shape index (κ1) is 22.6. The zero-order valence-electron chi connectivity index (χ0n) is 18.6. The number of thiophene rings is 1. The zero-order valence-corrected chi connectivity index (χ0v) is 19.4. The molecular formula is C26H25NO5S. The highest BCUT2D eigenvalue weighted by Gasteiger charge is 2.48. The Balaban J connectivity index is 1.83. The molecule has 1 atom stereocenters. The van der Waals surface area contributed by atoms with Gasteiger partial charge in [-0.25, -0.2) is 0 Å². The van der Waals surface area contributed by atoms with E-state index < -0.39 is 17.7 Å². The summed E-state index contributed by atoms with van der Waals surface area (Å²) in [4.78, 5) is 28.2. The molecule has 3 aromatic rings. The first-order chi connectivity index (χ1) is 15.8. The topological polar surface area (TPSA) is 87.1 Å². The van der Waals surface area contributed by atoms with Gasteiger partial charge < -0.3 is 14.9 Å². The number of hydrogen-bond acceptors (Lipinski definition) is 6. The van der Waals surface area contributed by atoms with Crippen molar-refractivity contribution in [3.8, 4) is 11.5 Å². The fourth-order valence-corrected chi connectivity index (χ4v) is 4.66. The molecular weight excluding hydrogens is 438 g/mol. The minimum Gasteiger partial charge on any atom is -0.507 e. The number of hydrogen-bond donors (Lipinski definition) is 2. The van der Waals surface area contributed by atoms with E-state index in [2.05, 4.69) is 13.8 Å². The van der Waals surface area contributed by atoms with Crippen LogP contribution in [0, 0.1) is 12.8 Å². The smallest absolute Gasteiger partial charge is 0.300 e. The van der Waals surface area contributed by atoms with E-state index >= 15 is 0 Å². The Kier molecular flexibility index (Phi) is 6.24. The van der Waals surface area contributed by atoms with E-state index in [-0.39, 0.29) is 22.8 Å². The van der Waals surface area contributed by atoms with E-state index in [9.17, 15) is 19.8 Å². The Morgan fingerprint density at radius 3 is 2.52 bits per heavy atom. The molecule has 1 fully saturated rings. The number of aliphatic hydroxyl groups excluding tert-OH is 1. The number of ketones is 1. The molecule has 33 heavy (non-hydrogen) atoms. The van der Waals surface area contributed by atoms with E-state index in [1.165, 1.54) is 22.3 Å². The predicted octanol–water partition coefficient (Wildman–Crippen LogP) is 5.42. The van der Waals surface area contributed by atoms with Crippen LogP contribution < -0.4 is 9.64 Å². The fraction of sp³-hybridized carbons (Fsp3) is 0.231. The normalized spacial score (nSPS) is 17.7. The average Bonchev–Trinajstić information content (AvgIpc) is 3.40. The average molecular weight is 464 g/mol. The molecule has 0 saturated carbocycles. The lowest BCUT2D eigenvalue weighted by Crippen LogP contribution is -2.29. The van der Waals surface area contributed by atoms with Crippen molar-refractivity contribution in [3.05, 3.63) is 81.6 Å². The van der Waals surface area contributed by atoms with Crippen LogP contribution in [0.2, 0.25) is 0 Å². The molecule has 4 rings (SSSR count). The number of rotatable bonds is 6. The highest BCUT2D eigenvalue weighted by atomic mass is 32.1. The van der Waals surface area contributed by atoms with Crippen molar-refractivity contribution in [1.82, 2.24) is 0 Å². The summed E-state index contributed by atoms with van der Waals surface area (Å²) < 4.78 is 5.81. The van der Waals surface area contributed by atoms with E-state index in [1.54, 1.807) is 42.5 Å². The Labute approximate surface area is 196 Å². The number of aliphatic hydroxyl groups is 1. The van der Waals surface area contributed by atoms with E-state index in [0.29, 0.717) is 28.7 Å². The summed E-state index contributed by atoms with van der Waals surface area (Å²) in [5.41, 5.74) is 1.43. The van der Waals surface area contributed by atoms with Crippen LogP contribution in [-0.2, 0) is 9.59 Å². The van der Waals surface area contributed by atoms with Crippen LogP contribution in [0.25, 0.3) is 5.76 Å². The van der Waals surface area contributed by atoms with Crippen LogP contribution in [-0.4, -0.2) is 28.5 Å². The minimum absolute atomic E-state index is 0.0130. The summed E-state index contributed by atoms with van der Waals surface area (Å²) in [6.45, 7) is 6.55. The van der Waals surface area contributed by atoms with Gasteiger partial charge in [0.05, 0.1) is 17.9 Å². The Morgan fingerprint density at radius 1 is 1.12 bits per heavy atom. The maximum Gasteiger partial charge on any atom is 0.300 e. The molecule has 1 aliphatic rings. The lowest BCUT2D eigenvalue weighted by Gasteiger charge is -2.24. The molecule has 0 bridgehead atoms. The first-order valence-electron chi connectivity index (χ1n) is 10.7. The third kappa shape index (κ3) is 4.24. The monoisotopic (exact) mass is 463 g/mol. The van der Waals surface area contributed by atoms with E-state index in [1.807, 2.05) is 18.4 Å². The van der Waals surface area contributed by atoms with Crippen molar-refractivity contribution in [2.75, 3.05) is 11.5 Å². The maximum absolute atomic E-state index is 13.1. The summed E-state index contributed by atoms with van der Waals surface area (Å²) in [5, 5.41) is 23.5. The minimum atomic E-state index is -0.851. The highest BCUT2D eigenvalue weighted by molar-refractivity contribution is 7.10. The first-order valence-corrected chi connectivity index (χ1v) is 11.5. The van der Waals surface area contributed by atoms with E-state index in [0.717, 1.165) is 5.56 Å². The second kappa shape index (κ2) is 9.11. The molecule has 1 amide bonds. The van der Waals surface area contributed by atoms with Gasteiger partial charge in [0.15, 0.2) is 0 Å². The number of phenols is 1. The van der Waals surface area contributed by atoms with Crippen molar-refractivity contribution in [1.29, 1.82) is 0 Å². The number of carbonyl (C=O) groups excluding carboxylic acids is 2. The van der Waals surface area contributed by atoms with Crippen molar-refractivity contribution in [2.45, 2.75) is 26.8 Å². The maximum atomic E-state index is 13.1. The van der Waals surface area contributed by atoms with Crippen LogP contribution in [0.15, 0.2) is 65.6 Å². The number of benzene rings is 2. The molecule has 0 spiro atoms. The van der Waals surface area contributed by atoms with Gasteiger partial charge in [0, 0.05) is 10.4 Å². The molecule has 170 valence electrons. The molecule has 2 N–H and O–H groups in total.